The molecule has 3 aromatic heterocycles. The first-order chi connectivity index (χ1) is 14.7. The van der Waals surface area contributed by atoms with Gasteiger partial charge in [-0.25, -0.2) is 4.98 Å². The summed E-state index contributed by atoms with van der Waals surface area (Å²) in [6.45, 7) is 0.306. The number of rotatable bonds is 5. The quantitative estimate of drug-likeness (QED) is 0.539. The molecular weight excluding hydrogens is 380 g/mol. The van der Waals surface area contributed by atoms with Crippen LogP contribution >= 0.6 is 0 Å². The highest BCUT2D eigenvalue weighted by atomic mass is 16.2. The van der Waals surface area contributed by atoms with Crippen LogP contribution in [0.25, 0.3) is 5.52 Å². The number of carbonyl (C=O) groups excluding carboxylic acids is 2. The first-order valence-corrected chi connectivity index (χ1v) is 9.12. The molecule has 0 fully saturated rings. The van der Waals surface area contributed by atoms with Crippen LogP contribution < -0.4 is 10.6 Å². The van der Waals surface area contributed by atoms with E-state index in [1.54, 1.807) is 77.6 Å². The number of nitrogens with zero attached hydrogens (tertiary/aromatic N) is 4. The van der Waals surface area contributed by atoms with Crippen LogP contribution in [0, 0.1) is 11.3 Å². The molecule has 30 heavy (non-hydrogen) atoms. The van der Waals surface area contributed by atoms with Crippen molar-refractivity contribution in [3.63, 3.8) is 0 Å². The summed E-state index contributed by atoms with van der Waals surface area (Å²) < 4.78 is 1.56. The number of benzene rings is 1. The standard InChI is InChI=1S/C22H16N6O2/c23-13-16-5-1-2-6-17(16)26-21(29)19-18-7-3-4-12-28(18)20(27-19)22(30)25-14-15-8-10-24-11-9-15/h1-12H,14H2,(H,25,30)(H,26,29). The lowest BCUT2D eigenvalue weighted by molar-refractivity contribution is 0.0940. The fourth-order valence-corrected chi connectivity index (χ4v) is 3.00. The molecule has 0 spiro atoms. The number of nitrogens with one attached hydrogen (secondary N) is 2. The van der Waals surface area contributed by atoms with E-state index >= 15 is 0 Å². The van der Waals surface area contributed by atoms with Gasteiger partial charge in [-0.15, -0.1) is 0 Å². The Morgan fingerprint density at radius 3 is 2.57 bits per heavy atom. The van der Waals surface area contributed by atoms with Crippen molar-refractivity contribution in [2.24, 2.45) is 0 Å². The van der Waals surface area contributed by atoms with E-state index in [2.05, 4.69) is 20.6 Å². The third-order valence-corrected chi connectivity index (χ3v) is 4.46. The molecule has 0 aliphatic heterocycles. The molecule has 4 aromatic rings. The molecule has 0 aliphatic rings. The number of imidazole rings is 1. The van der Waals surface area contributed by atoms with Crippen molar-refractivity contribution < 1.29 is 9.59 Å². The monoisotopic (exact) mass is 396 g/mol. The van der Waals surface area contributed by atoms with Crippen LogP contribution in [0.15, 0.2) is 73.2 Å². The summed E-state index contributed by atoms with van der Waals surface area (Å²) in [4.78, 5) is 33.9. The number of aromatic nitrogens is 3. The van der Waals surface area contributed by atoms with E-state index < -0.39 is 11.8 Å². The number of hydrogen-bond donors (Lipinski definition) is 2. The molecule has 0 atom stereocenters. The van der Waals surface area contributed by atoms with Gasteiger partial charge >= 0.3 is 0 Å². The van der Waals surface area contributed by atoms with Gasteiger partial charge in [-0.2, -0.15) is 5.26 Å². The molecule has 0 bridgehead atoms. The summed E-state index contributed by atoms with van der Waals surface area (Å²) in [5.74, 6) is -0.822. The number of anilines is 1. The zero-order valence-electron chi connectivity index (χ0n) is 15.7. The summed E-state index contributed by atoms with van der Waals surface area (Å²) in [5, 5.41) is 14.7. The maximum Gasteiger partial charge on any atom is 0.287 e. The van der Waals surface area contributed by atoms with Crippen molar-refractivity contribution in [1.82, 2.24) is 19.7 Å². The normalized spacial score (nSPS) is 10.4. The molecule has 0 saturated heterocycles. The Labute approximate surface area is 171 Å². The third-order valence-electron chi connectivity index (χ3n) is 4.46. The van der Waals surface area contributed by atoms with Crippen molar-refractivity contribution in [2.75, 3.05) is 5.32 Å². The highest BCUT2D eigenvalue weighted by Crippen LogP contribution is 2.18. The lowest BCUT2D eigenvalue weighted by Gasteiger charge is -2.05. The first-order valence-electron chi connectivity index (χ1n) is 9.12. The second kappa shape index (κ2) is 8.24. The summed E-state index contributed by atoms with van der Waals surface area (Å²) >= 11 is 0. The SMILES string of the molecule is N#Cc1ccccc1NC(=O)c1nc(C(=O)NCc2ccncc2)n2ccccc12. The molecule has 0 saturated carbocycles. The van der Waals surface area contributed by atoms with E-state index in [4.69, 9.17) is 0 Å². The molecule has 4 rings (SSSR count). The zero-order chi connectivity index (χ0) is 20.9. The van der Waals surface area contributed by atoms with Gasteiger partial charge in [0.2, 0.25) is 5.82 Å². The topological polar surface area (TPSA) is 112 Å². The molecule has 2 N–H and O–H groups in total. The van der Waals surface area contributed by atoms with Crippen LogP contribution in [0.5, 0.6) is 0 Å². The third kappa shape index (κ3) is 3.72. The van der Waals surface area contributed by atoms with E-state index in [9.17, 15) is 14.9 Å². The predicted molar refractivity (Wildman–Crippen MR) is 110 cm³/mol. The van der Waals surface area contributed by atoms with Crippen molar-refractivity contribution in [1.29, 1.82) is 5.26 Å². The van der Waals surface area contributed by atoms with Crippen LogP contribution in [0.4, 0.5) is 5.69 Å². The van der Waals surface area contributed by atoms with Crippen LogP contribution in [-0.4, -0.2) is 26.2 Å². The lowest BCUT2D eigenvalue weighted by Crippen LogP contribution is -2.25. The minimum absolute atomic E-state index is 0.0948. The van der Waals surface area contributed by atoms with Crippen molar-refractivity contribution in [3.8, 4) is 6.07 Å². The molecular formula is C22H16N6O2. The van der Waals surface area contributed by atoms with Crippen LogP contribution in [0.2, 0.25) is 0 Å². The fraction of sp³-hybridized carbons (Fsp3) is 0.0455. The first kappa shape index (κ1) is 18.8. The van der Waals surface area contributed by atoms with Gasteiger partial charge in [0.05, 0.1) is 16.8 Å². The Kier molecular flexibility index (Phi) is 5.17. The molecule has 146 valence electrons. The predicted octanol–water partition coefficient (Wildman–Crippen LogP) is 2.78. The average Bonchev–Trinajstić information content (AvgIpc) is 3.18. The van der Waals surface area contributed by atoms with E-state index in [1.807, 2.05) is 6.07 Å². The van der Waals surface area contributed by atoms with Gasteiger partial charge in [0.25, 0.3) is 11.8 Å². The molecule has 8 heteroatoms. The molecule has 1 aromatic carbocycles. The Morgan fingerprint density at radius 1 is 1.00 bits per heavy atom. The number of pyridine rings is 2. The van der Waals surface area contributed by atoms with Gasteiger partial charge in [0.15, 0.2) is 5.69 Å². The highest BCUT2D eigenvalue weighted by Gasteiger charge is 2.22. The van der Waals surface area contributed by atoms with Gasteiger partial charge in [-0.3, -0.25) is 19.0 Å². The van der Waals surface area contributed by atoms with Crippen molar-refractivity contribution in [2.45, 2.75) is 6.54 Å². The molecule has 0 radical (unpaired) electrons. The number of nitriles is 1. The highest BCUT2D eigenvalue weighted by molar-refractivity contribution is 6.09. The second-order valence-corrected chi connectivity index (χ2v) is 6.39. The lowest BCUT2D eigenvalue weighted by atomic mass is 10.2. The van der Waals surface area contributed by atoms with Crippen molar-refractivity contribution in [3.05, 3.63) is 95.8 Å². The number of amides is 2. The minimum Gasteiger partial charge on any atom is -0.345 e. The fourth-order valence-electron chi connectivity index (χ4n) is 3.00. The van der Waals surface area contributed by atoms with E-state index in [1.165, 1.54) is 0 Å². The van der Waals surface area contributed by atoms with Gasteiger partial charge in [0.1, 0.15) is 6.07 Å². The largest absolute Gasteiger partial charge is 0.345 e. The van der Waals surface area contributed by atoms with Gasteiger partial charge in [-0.05, 0) is 42.0 Å². The smallest absolute Gasteiger partial charge is 0.287 e. The number of carbonyl (C=O) groups is 2. The van der Waals surface area contributed by atoms with Crippen molar-refractivity contribution >= 4 is 23.0 Å². The Balaban J connectivity index is 1.63. The molecule has 8 nitrogen and oxygen atoms in total. The minimum atomic E-state index is -0.505. The maximum absolute atomic E-state index is 12.9. The van der Waals surface area contributed by atoms with Gasteiger partial charge in [0, 0.05) is 25.1 Å². The maximum atomic E-state index is 12.9. The number of hydrogen-bond acceptors (Lipinski definition) is 5. The van der Waals surface area contributed by atoms with E-state index in [-0.39, 0.29) is 11.5 Å². The Bertz CT molecular complexity index is 1270. The zero-order valence-corrected chi connectivity index (χ0v) is 15.7. The Morgan fingerprint density at radius 2 is 1.77 bits per heavy atom. The van der Waals surface area contributed by atoms with E-state index in [0.717, 1.165) is 5.56 Å². The van der Waals surface area contributed by atoms with E-state index in [0.29, 0.717) is 23.3 Å². The van der Waals surface area contributed by atoms with Gasteiger partial charge < -0.3 is 10.6 Å². The van der Waals surface area contributed by atoms with Crippen LogP contribution in [0.1, 0.15) is 32.2 Å². The van der Waals surface area contributed by atoms with Crippen LogP contribution in [-0.2, 0) is 6.54 Å². The summed E-state index contributed by atoms with van der Waals surface area (Å²) in [5.41, 5.74) is 2.19. The van der Waals surface area contributed by atoms with Crippen LogP contribution in [0.3, 0.4) is 0 Å². The van der Waals surface area contributed by atoms with Gasteiger partial charge in [-0.1, -0.05) is 18.2 Å². The molecule has 3 heterocycles. The number of fused-ring (bicyclic) bond motifs is 1. The summed E-state index contributed by atoms with van der Waals surface area (Å²) in [6.07, 6.45) is 4.96. The molecule has 2 amide bonds. The molecule has 0 unspecified atom stereocenters. The average molecular weight is 396 g/mol. The second-order valence-electron chi connectivity index (χ2n) is 6.39. The number of para-hydroxylation sites is 1. The molecule has 0 aliphatic carbocycles. The Hall–Kier alpha value is -4.51. The summed E-state index contributed by atoms with van der Waals surface area (Å²) in [6, 6.07) is 17.5. The summed E-state index contributed by atoms with van der Waals surface area (Å²) in [7, 11) is 0.